The first-order chi connectivity index (χ1) is 17.3. The Balaban J connectivity index is 1.72. The van der Waals surface area contributed by atoms with E-state index in [9.17, 15) is 31.5 Å². The molecule has 3 aromatic carbocycles. The Labute approximate surface area is 214 Å². The summed E-state index contributed by atoms with van der Waals surface area (Å²) in [4.78, 5) is 13.8. The Morgan fingerprint density at radius 3 is 2.22 bits per heavy atom. The third-order valence-electron chi connectivity index (χ3n) is 6.45. The fraction of sp³-hybridized carbons (Fsp3) is 0.296. The molecule has 0 bridgehead atoms. The van der Waals surface area contributed by atoms with Crippen LogP contribution in [0.2, 0.25) is 0 Å². The molecule has 0 saturated carbocycles. The molecule has 0 unspecified atom stereocenters. The summed E-state index contributed by atoms with van der Waals surface area (Å²) in [5.41, 5.74) is 3.60. The topological polar surface area (TPSA) is 77.9 Å². The van der Waals surface area contributed by atoms with Gasteiger partial charge in [-0.25, -0.2) is 8.42 Å². The van der Waals surface area contributed by atoms with Crippen LogP contribution in [-0.2, 0) is 34.0 Å². The van der Waals surface area contributed by atoms with Gasteiger partial charge in [-0.05, 0) is 68.1 Å². The van der Waals surface area contributed by atoms with Gasteiger partial charge in [0.1, 0.15) is 6.54 Å². The van der Waals surface area contributed by atoms with Crippen molar-refractivity contribution in [2.75, 3.05) is 22.3 Å². The molecule has 4 rings (SSSR count). The number of fused-ring (bicyclic) bond motifs is 1. The third-order valence-corrected chi connectivity index (χ3v) is 8.52. The molecular weight excluding hydrogens is 505 g/mol. The van der Waals surface area contributed by atoms with Crippen molar-refractivity contribution >= 4 is 27.4 Å². The monoisotopic (exact) mass is 532 g/mol. The highest BCUT2D eigenvalue weighted by atomic mass is 32.2. The smallest absolute Gasteiger partial charge is 0.416 e. The van der Waals surface area contributed by atoms with E-state index in [1.165, 1.54) is 12.1 Å². The Bertz CT molecular complexity index is 1430. The van der Waals surface area contributed by atoms with E-state index in [-0.39, 0.29) is 10.6 Å². The average molecular weight is 533 g/mol. The highest BCUT2D eigenvalue weighted by Crippen LogP contribution is 2.39. The second kappa shape index (κ2) is 9.74. The van der Waals surface area contributed by atoms with Gasteiger partial charge in [0, 0.05) is 24.3 Å². The number of halogens is 3. The van der Waals surface area contributed by atoms with Gasteiger partial charge < -0.3 is 10.0 Å². The van der Waals surface area contributed by atoms with E-state index in [0.29, 0.717) is 41.8 Å². The molecule has 0 aromatic heterocycles. The number of carboxylic acid groups (broad SMARTS) is 1. The Kier molecular flexibility index (Phi) is 6.98. The van der Waals surface area contributed by atoms with Crippen molar-refractivity contribution in [2.24, 2.45) is 0 Å². The molecule has 6 nitrogen and oxygen atoms in total. The molecule has 0 fully saturated rings. The fourth-order valence-electron chi connectivity index (χ4n) is 5.01. The Morgan fingerprint density at radius 1 is 1.03 bits per heavy atom. The van der Waals surface area contributed by atoms with E-state index in [2.05, 4.69) is 0 Å². The standard InChI is InChI=1S/C27H27F3N2O4S/c1-17-13-18(2)26(19(3)14-17)37(35,36)32(16-25(33)34)24-6-4-5-23-22(24)11-12-31(23)15-20-7-9-21(10-8-20)27(28,29)30/h4-10,13-14H,11-12,15-16H2,1-3H3,(H,33,34). The van der Waals surface area contributed by atoms with Crippen LogP contribution < -0.4 is 9.21 Å². The molecule has 1 aliphatic heterocycles. The summed E-state index contributed by atoms with van der Waals surface area (Å²) < 4.78 is 67.4. The lowest BCUT2D eigenvalue weighted by molar-refractivity contribution is -0.137. The number of aliphatic carboxylic acids is 1. The summed E-state index contributed by atoms with van der Waals surface area (Å²) >= 11 is 0. The van der Waals surface area contributed by atoms with Gasteiger partial charge in [0.25, 0.3) is 10.0 Å². The van der Waals surface area contributed by atoms with Gasteiger partial charge in [0.05, 0.1) is 16.1 Å². The largest absolute Gasteiger partial charge is 0.480 e. The predicted octanol–water partition coefficient (Wildman–Crippen LogP) is 5.47. The number of carbonyl (C=O) groups is 1. The van der Waals surface area contributed by atoms with Crippen molar-refractivity contribution in [3.63, 3.8) is 0 Å². The number of hydrogen-bond acceptors (Lipinski definition) is 4. The van der Waals surface area contributed by atoms with E-state index < -0.39 is 34.3 Å². The SMILES string of the molecule is Cc1cc(C)c(S(=O)(=O)N(CC(=O)O)c2cccc3c2CCN3Cc2ccc(C(F)(F)F)cc2)c(C)c1. The molecule has 1 aliphatic rings. The van der Waals surface area contributed by atoms with Crippen molar-refractivity contribution in [3.05, 3.63) is 88.0 Å². The fourth-order valence-corrected chi connectivity index (χ4v) is 6.87. The summed E-state index contributed by atoms with van der Waals surface area (Å²) in [5, 5.41) is 9.62. The van der Waals surface area contributed by atoms with Crippen LogP contribution >= 0.6 is 0 Å². The summed E-state index contributed by atoms with van der Waals surface area (Å²) in [6.45, 7) is 5.33. The van der Waals surface area contributed by atoms with Crippen LogP contribution in [0, 0.1) is 20.8 Å². The molecule has 0 spiro atoms. The first-order valence-electron chi connectivity index (χ1n) is 11.6. The van der Waals surface area contributed by atoms with Gasteiger partial charge in [-0.15, -0.1) is 0 Å². The highest BCUT2D eigenvalue weighted by Gasteiger charge is 2.34. The second-order valence-corrected chi connectivity index (χ2v) is 11.1. The van der Waals surface area contributed by atoms with Gasteiger partial charge in [0.2, 0.25) is 0 Å². The molecule has 37 heavy (non-hydrogen) atoms. The molecule has 1 N–H and O–H groups in total. The van der Waals surface area contributed by atoms with E-state index in [0.717, 1.165) is 27.7 Å². The zero-order valence-electron chi connectivity index (χ0n) is 20.6. The van der Waals surface area contributed by atoms with E-state index in [1.807, 2.05) is 17.9 Å². The predicted molar refractivity (Wildman–Crippen MR) is 135 cm³/mol. The number of sulfonamides is 1. The maximum absolute atomic E-state index is 13.9. The number of nitrogens with zero attached hydrogens (tertiary/aromatic N) is 2. The van der Waals surface area contributed by atoms with Gasteiger partial charge in [0.15, 0.2) is 0 Å². The van der Waals surface area contributed by atoms with Crippen LogP contribution in [0.4, 0.5) is 24.5 Å². The minimum Gasteiger partial charge on any atom is -0.480 e. The van der Waals surface area contributed by atoms with Crippen LogP contribution in [0.1, 0.15) is 33.4 Å². The zero-order valence-corrected chi connectivity index (χ0v) is 21.4. The van der Waals surface area contributed by atoms with Gasteiger partial charge in [-0.1, -0.05) is 35.9 Å². The molecule has 0 aliphatic carbocycles. The van der Waals surface area contributed by atoms with Crippen molar-refractivity contribution in [1.29, 1.82) is 0 Å². The molecule has 0 amide bonds. The van der Waals surface area contributed by atoms with Crippen molar-refractivity contribution < 1.29 is 31.5 Å². The van der Waals surface area contributed by atoms with Crippen LogP contribution in [0.15, 0.2) is 59.5 Å². The third kappa shape index (κ3) is 5.29. The van der Waals surface area contributed by atoms with Gasteiger partial charge in [-0.2, -0.15) is 13.2 Å². The summed E-state index contributed by atoms with van der Waals surface area (Å²) in [6.07, 6.45) is -3.95. The molecule has 0 atom stereocenters. The van der Waals surface area contributed by atoms with Crippen LogP contribution in [-0.4, -0.2) is 32.6 Å². The zero-order chi connectivity index (χ0) is 27.1. The van der Waals surface area contributed by atoms with Gasteiger partial charge >= 0.3 is 12.1 Å². The Hall–Kier alpha value is -3.53. The first kappa shape index (κ1) is 26.5. The summed E-state index contributed by atoms with van der Waals surface area (Å²) in [6, 6.07) is 13.5. The number of rotatable bonds is 7. The second-order valence-electron chi connectivity index (χ2n) is 9.27. The number of hydrogen-bond donors (Lipinski definition) is 1. The number of carboxylic acids is 1. The maximum atomic E-state index is 13.9. The lowest BCUT2D eigenvalue weighted by atomic mass is 10.1. The highest BCUT2D eigenvalue weighted by molar-refractivity contribution is 7.93. The molecule has 10 heteroatoms. The molecule has 196 valence electrons. The average Bonchev–Trinajstić information content (AvgIpc) is 3.19. The van der Waals surface area contributed by atoms with E-state index in [1.54, 1.807) is 38.1 Å². The van der Waals surface area contributed by atoms with Crippen molar-refractivity contribution in [2.45, 2.75) is 44.8 Å². The van der Waals surface area contributed by atoms with E-state index >= 15 is 0 Å². The number of alkyl halides is 3. The molecule has 3 aromatic rings. The van der Waals surface area contributed by atoms with Crippen LogP contribution in [0.25, 0.3) is 0 Å². The number of anilines is 2. The maximum Gasteiger partial charge on any atom is 0.416 e. The lowest BCUT2D eigenvalue weighted by Gasteiger charge is -2.27. The Morgan fingerprint density at radius 2 is 1.65 bits per heavy atom. The van der Waals surface area contributed by atoms with Crippen molar-refractivity contribution in [1.82, 2.24) is 0 Å². The molecule has 0 radical (unpaired) electrons. The van der Waals surface area contributed by atoms with E-state index in [4.69, 9.17) is 0 Å². The van der Waals surface area contributed by atoms with Crippen LogP contribution in [0.5, 0.6) is 0 Å². The normalized spacial score (nSPS) is 13.5. The van der Waals surface area contributed by atoms with Crippen LogP contribution in [0.3, 0.4) is 0 Å². The summed E-state index contributed by atoms with van der Waals surface area (Å²) in [7, 11) is -4.22. The minimum absolute atomic E-state index is 0.0801. The number of benzene rings is 3. The van der Waals surface area contributed by atoms with Gasteiger partial charge in [-0.3, -0.25) is 9.10 Å². The van der Waals surface area contributed by atoms with Crippen molar-refractivity contribution in [3.8, 4) is 0 Å². The summed E-state index contributed by atoms with van der Waals surface area (Å²) in [5.74, 6) is -1.29. The minimum atomic E-state index is -4.42. The molecule has 0 saturated heterocycles. The molecule has 1 heterocycles. The number of aryl methyl sites for hydroxylation is 3. The first-order valence-corrected chi connectivity index (χ1v) is 13.1. The quantitative estimate of drug-likeness (QED) is 0.437. The molecular formula is C27H27F3N2O4S. The lowest BCUT2D eigenvalue weighted by Crippen LogP contribution is -2.37.